The Balaban J connectivity index is 1.51. The van der Waals surface area contributed by atoms with Crippen molar-refractivity contribution in [1.82, 2.24) is 35.0 Å². The summed E-state index contributed by atoms with van der Waals surface area (Å²) < 4.78 is 7.85. The monoisotopic (exact) mass is 543 g/mol. The maximum atomic E-state index is 14.1. The highest BCUT2D eigenvalue weighted by molar-refractivity contribution is 6.31. The Morgan fingerprint density at radius 2 is 1.97 bits per heavy atom. The van der Waals surface area contributed by atoms with E-state index in [0.717, 1.165) is 30.4 Å². The lowest BCUT2D eigenvalue weighted by atomic mass is 9.89. The van der Waals surface area contributed by atoms with Crippen LogP contribution >= 0.6 is 11.6 Å². The van der Waals surface area contributed by atoms with Crippen molar-refractivity contribution in [2.75, 3.05) is 33.2 Å². The van der Waals surface area contributed by atoms with Crippen molar-refractivity contribution in [2.45, 2.75) is 57.2 Å². The molecule has 0 spiro atoms. The van der Waals surface area contributed by atoms with Gasteiger partial charge in [0.15, 0.2) is 0 Å². The SMILES string of the molecule is CNC(=O)N1CCCCC1C(=O)N1CCc2c(Cl)ccc(OCc3cn(C)nn3)c2[C@H]1CN1CCCC1=O. The highest BCUT2D eigenvalue weighted by Gasteiger charge is 2.42. The zero-order chi connectivity index (χ0) is 26.8. The van der Waals surface area contributed by atoms with Gasteiger partial charge in [-0.15, -0.1) is 5.10 Å². The standard InChI is InChI=1S/C26H34ClN7O4/c1-28-26(37)34-12-4-3-6-20(34)25(36)33-13-10-18-19(27)8-9-22(38-16-17-14-31(2)30-29-17)24(18)21(33)15-32-11-5-7-23(32)35/h8-9,14,20-21H,3-7,10-13,15-16H2,1-2H3,(H,28,37)/t20?,21-/m1/s1. The molecule has 4 heterocycles. The van der Waals surface area contributed by atoms with E-state index in [-0.39, 0.29) is 24.5 Å². The molecule has 12 heteroatoms. The number of hydrogen-bond donors (Lipinski definition) is 1. The van der Waals surface area contributed by atoms with Crippen molar-refractivity contribution >= 4 is 29.4 Å². The van der Waals surface area contributed by atoms with Crippen molar-refractivity contribution in [3.8, 4) is 5.75 Å². The lowest BCUT2D eigenvalue weighted by molar-refractivity contribution is -0.142. The Morgan fingerprint density at radius 1 is 1.13 bits per heavy atom. The molecule has 1 aromatic heterocycles. The quantitative estimate of drug-likeness (QED) is 0.598. The summed E-state index contributed by atoms with van der Waals surface area (Å²) in [5, 5.41) is 11.4. The first kappa shape index (κ1) is 26.3. The fourth-order valence-electron chi connectivity index (χ4n) is 5.84. The van der Waals surface area contributed by atoms with Crippen LogP contribution in [0.15, 0.2) is 18.3 Å². The van der Waals surface area contributed by atoms with Gasteiger partial charge < -0.3 is 24.8 Å². The van der Waals surface area contributed by atoms with Gasteiger partial charge in [-0.25, -0.2) is 4.79 Å². The van der Waals surface area contributed by atoms with E-state index in [1.54, 1.807) is 29.9 Å². The topological polar surface area (TPSA) is 113 Å². The first-order valence-electron chi connectivity index (χ1n) is 13.2. The first-order chi connectivity index (χ1) is 18.4. The van der Waals surface area contributed by atoms with Crippen LogP contribution in [0.5, 0.6) is 5.75 Å². The molecule has 2 saturated heterocycles. The number of urea groups is 1. The third-order valence-electron chi connectivity index (χ3n) is 7.71. The second-order valence-corrected chi connectivity index (χ2v) is 10.5. The molecule has 1 unspecified atom stereocenters. The predicted octanol–water partition coefficient (Wildman–Crippen LogP) is 2.29. The molecule has 1 N–H and O–H groups in total. The van der Waals surface area contributed by atoms with Crippen LogP contribution in [0.4, 0.5) is 4.79 Å². The van der Waals surface area contributed by atoms with E-state index < -0.39 is 12.1 Å². The smallest absolute Gasteiger partial charge is 0.317 e. The van der Waals surface area contributed by atoms with Crippen LogP contribution in [0.25, 0.3) is 0 Å². The molecule has 2 atom stereocenters. The summed E-state index contributed by atoms with van der Waals surface area (Å²) in [5.74, 6) is 0.588. The molecular formula is C26H34ClN7O4. The van der Waals surface area contributed by atoms with Gasteiger partial charge in [-0.05, 0) is 49.8 Å². The zero-order valence-corrected chi connectivity index (χ0v) is 22.6. The highest BCUT2D eigenvalue weighted by atomic mass is 35.5. The Labute approximate surface area is 227 Å². The van der Waals surface area contributed by atoms with E-state index in [1.165, 1.54) is 0 Å². The number of carbonyl (C=O) groups excluding carboxylic acids is 3. The summed E-state index contributed by atoms with van der Waals surface area (Å²) in [7, 11) is 3.38. The van der Waals surface area contributed by atoms with Gasteiger partial charge in [0.05, 0.1) is 12.2 Å². The molecular weight excluding hydrogens is 510 g/mol. The minimum atomic E-state index is -0.551. The van der Waals surface area contributed by atoms with Crippen LogP contribution in [0.1, 0.15) is 55.0 Å². The van der Waals surface area contributed by atoms with E-state index >= 15 is 0 Å². The Morgan fingerprint density at radius 3 is 2.68 bits per heavy atom. The van der Waals surface area contributed by atoms with Crippen molar-refractivity contribution in [2.24, 2.45) is 7.05 Å². The average molecular weight is 544 g/mol. The zero-order valence-electron chi connectivity index (χ0n) is 21.9. The molecule has 3 aliphatic heterocycles. The van der Waals surface area contributed by atoms with Gasteiger partial charge in [0.25, 0.3) is 0 Å². The Kier molecular flexibility index (Phi) is 7.73. The number of benzene rings is 1. The molecule has 204 valence electrons. The van der Waals surface area contributed by atoms with Gasteiger partial charge in [-0.1, -0.05) is 16.8 Å². The number of carbonyl (C=O) groups is 3. The molecule has 5 rings (SSSR count). The molecule has 0 radical (unpaired) electrons. The largest absolute Gasteiger partial charge is 0.487 e. The van der Waals surface area contributed by atoms with Crippen LogP contribution in [-0.2, 0) is 29.7 Å². The van der Waals surface area contributed by atoms with Gasteiger partial charge in [0.2, 0.25) is 11.8 Å². The second-order valence-electron chi connectivity index (χ2n) is 10.1. The number of rotatable bonds is 6. The van der Waals surface area contributed by atoms with Crippen molar-refractivity contribution < 1.29 is 19.1 Å². The molecule has 38 heavy (non-hydrogen) atoms. The minimum Gasteiger partial charge on any atom is -0.487 e. The summed E-state index contributed by atoms with van der Waals surface area (Å²) in [4.78, 5) is 44.7. The number of ether oxygens (including phenoxy) is 1. The molecule has 11 nitrogen and oxygen atoms in total. The normalized spacial score (nSPS) is 21.4. The third-order valence-corrected chi connectivity index (χ3v) is 8.06. The Bertz CT molecular complexity index is 1220. The maximum absolute atomic E-state index is 14.1. The highest BCUT2D eigenvalue weighted by Crippen LogP contribution is 2.42. The van der Waals surface area contributed by atoms with Gasteiger partial charge in [-0.3, -0.25) is 14.3 Å². The molecule has 0 saturated carbocycles. The number of fused-ring (bicyclic) bond motifs is 1. The first-order valence-corrected chi connectivity index (χ1v) is 13.6. The number of nitrogens with one attached hydrogen (secondary N) is 1. The summed E-state index contributed by atoms with van der Waals surface area (Å²) in [6, 6.07) is 2.39. The number of halogens is 1. The lowest BCUT2D eigenvalue weighted by Gasteiger charge is -2.44. The van der Waals surface area contributed by atoms with Crippen LogP contribution < -0.4 is 10.1 Å². The predicted molar refractivity (Wildman–Crippen MR) is 140 cm³/mol. The van der Waals surface area contributed by atoms with E-state index in [2.05, 4.69) is 15.6 Å². The fourth-order valence-corrected chi connectivity index (χ4v) is 6.10. The van der Waals surface area contributed by atoms with E-state index in [9.17, 15) is 14.4 Å². The van der Waals surface area contributed by atoms with Crippen LogP contribution in [0.2, 0.25) is 5.02 Å². The third kappa shape index (κ3) is 5.16. The Hall–Kier alpha value is -3.34. The number of amides is 4. The van der Waals surface area contributed by atoms with E-state index in [1.807, 2.05) is 21.9 Å². The van der Waals surface area contributed by atoms with Crippen molar-refractivity contribution in [3.63, 3.8) is 0 Å². The summed E-state index contributed by atoms with van der Waals surface area (Å²) >= 11 is 6.68. The van der Waals surface area contributed by atoms with Crippen LogP contribution in [-0.4, -0.2) is 86.8 Å². The summed E-state index contributed by atoms with van der Waals surface area (Å²) in [6.45, 7) is 2.19. The second kappa shape index (κ2) is 11.2. The fraction of sp³-hybridized carbons (Fsp3) is 0.577. The summed E-state index contributed by atoms with van der Waals surface area (Å²) in [6.07, 6.45) is 5.99. The number of nitrogens with zero attached hydrogens (tertiary/aromatic N) is 6. The van der Waals surface area contributed by atoms with Gasteiger partial charge in [-0.2, -0.15) is 0 Å². The van der Waals surface area contributed by atoms with E-state index in [4.69, 9.17) is 16.3 Å². The molecule has 4 amide bonds. The van der Waals surface area contributed by atoms with Crippen molar-refractivity contribution in [3.05, 3.63) is 40.2 Å². The molecule has 0 aliphatic carbocycles. The van der Waals surface area contributed by atoms with E-state index in [0.29, 0.717) is 61.9 Å². The number of aromatic nitrogens is 3. The number of piperidine rings is 1. The number of aryl methyl sites for hydroxylation is 1. The van der Waals surface area contributed by atoms with Gasteiger partial charge in [0, 0.05) is 57.3 Å². The summed E-state index contributed by atoms with van der Waals surface area (Å²) in [5.41, 5.74) is 2.42. The van der Waals surface area contributed by atoms with Crippen LogP contribution in [0.3, 0.4) is 0 Å². The number of likely N-dealkylation sites (tertiary alicyclic amines) is 2. The van der Waals surface area contributed by atoms with Crippen LogP contribution in [0, 0.1) is 0 Å². The molecule has 0 bridgehead atoms. The molecule has 1 aromatic carbocycles. The molecule has 2 aromatic rings. The lowest BCUT2D eigenvalue weighted by Crippen LogP contribution is -2.57. The minimum absolute atomic E-state index is 0.0817. The van der Waals surface area contributed by atoms with Gasteiger partial charge in [0.1, 0.15) is 24.1 Å². The van der Waals surface area contributed by atoms with Gasteiger partial charge >= 0.3 is 6.03 Å². The molecule has 3 aliphatic rings. The number of hydrogen-bond acceptors (Lipinski definition) is 6. The molecule has 2 fully saturated rings. The van der Waals surface area contributed by atoms with Crippen molar-refractivity contribution in [1.29, 1.82) is 0 Å². The average Bonchev–Trinajstić information content (AvgIpc) is 3.54. The maximum Gasteiger partial charge on any atom is 0.317 e.